The van der Waals surface area contributed by atoms with E-state index in [1.54, 1.807) is 30.3 Å². The largest absolute Gasteiger partial charge is 0.423 e. The van der Waals surface area contributed by atoms with Crippen LogP contribution in [-0.4, -0.2) is 17.8 Å². The molecule has 0 spiro atoms. The van der Waals surface area contributed by atoms with Crippen molar-refractivity contribution in [3.05, 3.63) is 71.3 Å². The highest BCUT2D eigenvalue weighted by Gasteiger charge is 2.59. The number of esters is 1. The van der Waals surface area contributed by atoms with Crippen molar-refractivity contribution < 1.29 is 19.1 Å². The van der Waals surface area contributed by atoms with Crippen molar-refractivity contribution in [1.29, 1.82) is 0 Å². The van der Waals surface area contributed by atoms with Crippen LogP contribution in [0.4, 0.5) is 5.69 Å². The molecule has 1 heterocycles. The second kappa shape index (κ2) is 6.41. The van der Waals surface area contributed by atoms with Crippen LogP contribution < -0.4 is 9.64 Å². The number of benzene rings is 2. The molecule has 29 heavy (non-hydrogen) atoms. The number of imide groups is 1. The first-order chi connectivity index (χ1) is 14.0. The zero-order valence-electron chi connectivity index (χ0n) is 16.3. The van der Waals surface area contributed by atoms with Gasteiger partial charge in [0.15, 0.2) is 0 Å². The molecule has 5 heteroatoms. The summed E-state index contributed by atoms with van der Waals surface area (Å²) in [6.45, 7) is 3.87. The van der Waals surface area contributed by atoms with Crippen LogP contribution in [0, 0.1) is 37.5 Å². The summed E-state index contributed by atoms with van der Waals surface area (Å²) in [7, 11) is 0. The molecule has 146 valence electrons. The van der Waals surface area contributed by atoms with E-state index >= 15 is 0 Å². The molecule has 2 aromatic carbocycles. The van der Waals surface area contributed by atoms with Crippen LogP contribution in [0.2, 0.25) is 0 Å². The molecular formula is C24H21NO4. The molecular weight excluding hydrogens is 366 g/mol. The Morgan fingerprint density at radius 3 is 2.17 bits per heavy atom. The number of carbonyl (C=O) groups is 3. The molecule has 2 aromatic rings. The van der Waals surface area contributed by atoms with Gasteiger partial charge in [0, 0.05) is 0 Å². The predicted octanol–water partition coefficient (Wildman–Crippen LogP) is 3.83. The van der Waals surface area contributed by atoms with Crippen molar-refractivity contribution in [2.75, 3.05) is 4.90 Å². The molecule has 5 nitrogen and oxygen atoms in total. The first-order valence-electron chi connectivity index (χ1n) is 9.90. The van der Waals surface area contributed by atoms with E-state index in [-0.39, 0.29) is 35.5 Å². The van der Waals surface area contributed by atoms with E-state index in [4.69, 9.17) is 4.74 Å². The number of ether oxygens (including phenoxy) is 1. The van der Waals surface area contributed by atoms with Crippen LogP contribution in [-0.2, 0) is 9.59 Å². The molecule has 2 bridgehead atoms. The molecule has 4 atom stereocenters. The first-order valence-corrected chi connectivity index (χ1v) is 9.90. The number of fused-ring (bicyclic) bond motifs is 5. The summed E-state index contributed by atoms with van der Waals surface area (Å²) in [5.74, 6) is -0.289. The van der Waals surface area contributed by atoms with Gasteiger partial charge in [-0.1, -0.05) is 24.3 Å². The molecule has 0 radical (unpaired) electrons. The normalized spacial score (nSPS) is 26.9. The second-order valence-electron chi connectivity index (χ2n) is 8.15. The molecule has 1 aliphatic heterocycles. The monoisotopic (exact) mass is 387 g/mol. The second-order valence-corrected chi connectivity index (χ2v) is 8.15. The lowest BCUT2D eigenvalue weighted by molar-refractivity contribution is -0.123. The smallest absolute Gasteiger partial charge is 0.343 e. The third kappa shape index (κ3) is 2.64. The number of anilines is 1. The number of nitrogens with zero attached hydrogens (tertiary/aromatic N) is 1. The fraction of sp³-hybridized carbons (Fsp3) is 0.292. The number of aryl methyl sites for hydroxylation is 1. The van der Waals surface area contributed by atoms with Gasteiger partial charge in [-0.15, -0.1) is 0 Å². The Morgan fingerprint density at radius 2 is 1.55 bits per heavy atom. The van der Waals surface area contributed by atoms with Gasteiger partial charge in [0.1, 0.15) is 5.75 Å². The molecule has 0 unspecified atom stereocenters. The van der Waals surface area contributed by atoms with Gasteiger partial charge in [0.05, 0.1) is 23.1 Å². The van der Waals surface area contributed by atoms with Gasteiger partial charge >= 0.3 is 5.97 Å². The Bertz CT molecular complexity index is 1040. The van der Waals surface area contributed by atoms with E-state index in [0.717, 1.165) is 17.5 Å². The van der Waals surface area contributed by atoms with Gasteiger partial charge < -0.3 is 4.74 Å². The highest BCUT2D eigenvalue weighted by molar-refractivity contribution is 6.22. The summed E-state index contributed by atoms with van der Waals surface area (Å²) in [6, 6.07) is 12.1. The number of hydrogen-bond donors (Lipinski definition) is 0. The third-order valence-electron chi connectivity index (χ3n) is 6.59. The van der Waals surface area contributed by atoms with E-state index in [1.165, 1.54) is 4.90 Å². The summed E-state index contributed by atoms with van der Waals surface area (Å²) in [4.78, 5) is 39.6. The van der Waals surface area contributed by atoms with Gasteiger partial charge in [0.25, 0.3) is 0 Å². The molecule has 0 N–H and O–H groups in total. The minimum absolute atomic E-state index is 0.123. The van der Waals surface area contributed by atoms with Crippen LogP contribution in [0.5, 0.6) is 5.75 Å². The summed E-state index contributed by atoms with van der Waals surface area (Å²) in [6.07, 6.45) is 5.06. The molecule has 2 aliphatic carbocycles. The van der Waals surface area contributed by atoms with Crippen molar-refractivity contribution in [3.63, 3.8) is 0 Å². The van der Waals surface area contributed by atoms with Gasteiger partial charge in [0.2, 0.25) is 11.8 Å². The average Bonchev–Trinajstić information content (AvgIpc) is 3.39. The molecule has 0 aromatic heterocycles. The Morgan fingerprint density at radius 1 is 0.931 bits per heavy atom. The lowest BCUT2D eigenvalue weighted by Crippen LogP contribution is -2.32. The Labute approximate surface area is 169 Å². The maximum atomic E-state index is 12.9. The molecule has 3 aliphatic rings. The quantitative estimate of drug-likeness (QED) is 0.347. The fourth-order valence-corrected chi connectivity index (χ4v) is 4.90. The van der Waals surface area contributed by atoms with Gasteiger partial charge in [-0.3, -0.25) is 14.5 Å². The number of hydrogen-bond acceptors (Lipinski definition) is 4. The number of carbonyl (C=O) groups excluding carboxylic acids is 3. The van der Waals surface area contributed by atoms with Gasteiger partial charge in [-0.05, 0) is 73.6 Å². The van der Waals surface area contributed by atoms with Crippen molar-refractivity contribution in [1.82, 2.24) is 0 Å². The maximum Gasteiger partial charge on any atom is 0.343 e. The molecule has 2 fully saturated rings. The lowest BCUT2D eigenvalue weighted by Gasteiger charge is -2.17. The minimum atomic E-state index is -0.469. The van der Waals surface area contributed by atoms with Crippen molar-refractivity contribution >= 4 is 23.5 Å². The standard InChI is InChI=1S/C24H21NO4/c1-13-4-3-5-19(14(13)2)29-24(28)15-8-10-18(11-9-15)25-22(26)20-16-6-7-17(12-16)21(20)23(25)27/h3-11,16-17,20-21H,12H2,1-2H3/t16-,17-,20+,21+/m0/s1. The zero-order valence-corrected chi connectivity index (χ0v) is 16.3. The van der Waals surface area contributed by atoms with Crippen LogP contribution in [0.15, 0.2) is 54.6 Å². The summed E-state index contributed by atoms with van der Waals surface area (Å²) < 4.78 is 5.52. The first kappa shape index (κ1) is 17.9. The third-order valence-corrected chi connectivity index (χ3v) is 6.59. The molecule has 2 amide bonds. The lowest BCUT2D eigenvalue weighted by atomic mass is 9.85. The average molecular weight is 387 g/mol. The predicted molar refractivity (Wildman–Crippen MR) is 108 cm³/mol. The summed E-state index contributed by atoms with van der Waals surface area (Å²) in [5, 5.41) is 0. The van der Waals surface area contributed by atoms with E-state index in [2.05, 4.69) is 12.2 Å². The fourth-order valence-electron chi connectivity index (χ4n) is 4.90. The highest BCUT2D eigenvalue weighted by atomic mass is 16.5. The molecule has 1 saturated carbocycles. The number of rotatable bonds is 3. The Balaban J connectivity index is 1.36. The maximum absolute atomic E-state index is 12.9. The van der Waals surface area contributed by atoms with Crippen LogP contribution in [0.3, 0.4) is 0 Å². The Hall–Kier alpha value is -3.21. The number of allylic oxidation sites excluding steroid dienone is 2. The van der Waals surface area contributed by atoms with Crippen LogP contribution in [0.25, 0.3) is 0 Å². The Kier molecular flexibility index (Phi) is 3.95. The zero-order chi connectivity index (χ0) is 20.3. The summed E-state index contributed by atoms with van der Waals surface area (Å²) in [5.41, 5.74) is 2.85. The highest BCUT2D eigenvalue weighted by Crippen LogP contribution is 2.53. The summed E-state index contributed by atoms with van der Waals surface area (Å²) >= 11 is 0. The van der Waals surface area contributed by atoms with Crippen molar-refractivity contribution in [3.8, 4) is 5.75 Å². The number of amides is 2. The van der Waals surface area contributed by atoms with Crippen LogP contribution in [0.1, 0.15) is 27.9 Å². The van der Waals surface area contributed by atoms with E-state index in [1.807, 2.05) is 26.0 Å². The van der Waals surface area contributed by atoms with E-state index in [0.29, 0.717) is 17.0 Å². The molecule has 5 rings (SSSR count). The van der Waals surface area contributed by atoms with Gasteiger partial charge in [-0.2, -0.15) is 0 Å². The van der Waals surface area contributed by atoms with Crippen molar-refractivity contribution in [2.45, 2.75) is 20.3 Å². The SMILES string of the molecule is Cc1cccc(OC(=O)c2ccc(N3C(=O)[C@H]4[C@H](C3=O)[C@H]3C=C[C@H]4C3)cc2)c1C. The van der Waals surface area contributed by atoms with E-state index < -0.39 is 5.97 Å². The van der Waals surface area contributed by atoms with E-state index in [9.17, 15) is 14.4 Å². The minimum Gasteiger partial charge on any atom is -0.423 e. The molecule has 1 saturated heterocycles. The van der Waals surface area contributed by atoms with Gasteiger partial charge in [-0.25, -0.2) is 4.79 Å². The van der Waals surface area contributed by atoms with Crippen molar-refractivity contribution in [2.24, 2.45) is 23.7 Å². The van der Waals surface area contributed by atoms with Crippen LogP contribution >= 0.6 is 0 Å². The topological polar surface area (TPSA) is 63.7 Å².